The van der Waals surface area contributed by atoms with Crippen molar-refractivity contribution in [3.8, 4) is 0 Å². The molecule has 0 spiro atoms. The minimum absolute atomic E-state index is 0.249. The second kappa shape index (κ2) is 9.35. The molecule has 1 rings (SSSR count). The molecule has 1 aromatic rings. The normalized spacial score (nSPS) is 11.2. The molecule has 0 saturated heterocycles. The van der Waals surface area contributed by atoms with Crippen LogP contribution in [0.1, 0.15) is 69.4 Å². The lowest BCUT2D eigenvalue weighted by atomic mass is 9.95. The Morgan fingerprint density at radius 3 is 2.25 bits per heavy atom. The molecular formula is C18H28O2. The van der Waals surface area contributed by atoms with E-state index < -0.39 is 0 Å². The van der Waals surface area contributed by atoms with Gasteiger partial charge in [-0.3, -0.25) is 0 Å². The van der Waals surface area contributed by atoms with Gasteiger partial charge in [-0.25, -0.2) is 4.79 Å². The molecule has 0 heterocycles. The smallest absolute Gasteiger partial charge is 0.338 e. The molecule has 0 radical (unpaired) electrons. The van der Waals surface area contributed by atoms with Gasteiger partial charge in [-0.15, -0.1) is 0 Å². The van der Waals surface area contributed by atoms with E-state index in [1.54, 1.807) is 0 Å². The summed E-state index contributed by atoms with van der Waals surface area (Å²) < 4.78 is 5.03. The minimum atomic E-state index is -0.249. The van der Waals surface area contributed by atoms with Crippen molar-refractivity contribution in [1.82, 2.24) is 0 Å². The van der Waals surface area contributed by atoms with Crippen LogP contribution in [0, 0.1) is 6.92 Å². The van der Waals surface area contributed by atoms with Crippen molar-refractivity contribution < 1.29 is 9.53 Å². The number of allylic oxidation sites excluding steroid dienone is 2. The summed E-state index contributed by atoms with van der Waals surface area (Å²) in [5.41, 5.74) is 5.55. The van der Waals surface area contributed by atoms with Gasteiger partial charge in [0.15, 0.2) is 0 Å². The molecule has 20 heavy (non-hydrogen) atoms. The fraction of sp³-hybridized carbons (Fsp3) is 0.500. The van der Waals surface area contributed by atoms with Gasteiger partial charge in [-0.2, -0.15) is 0 Å². The molecule has 0 bridgehead atoms. The fourth-order valence-electron chi connectivity index (χ4n) is 1.86. The Labute approximate surface area is 123 Å². The summed E-state index contributed by atoms with van der Waals surface area (Å²) in [6, 6.07) is 5.74. The molecule has 2 heteroatoms. The third kappa shape index (κ3) is 4.84. The first-order valence-electron chi connectivity index (χ1n) is 7.45. The van der Waals surface area contributed by atoms with Crippen molar-refractivity contribution in [2.75, 3.05) is 6.61 Å². The largest absolute Gasteiger partial charge is 0.462 e. The molecular weight excluding hydrogens is 248 g/mol. The van der Waals surface area contributed by atoms with Crippen molar-refractivity contribution >= 4 is 11.5 Å². The van der Waals surface area contributed by atoms with E-state index in [0.29, 0.717) is 12.2 Å². The molecule has 0 fully saturated rings. The van der Waals surface area contributed by atoms with Crippen LogP contribution in [0.5, 0.6) is 0 Å². The first-order chi connectivity index (χ1) is 9.51. The molecule has 0 N–H and O–H groups in total. The lowest BCUT2D eigenvalue weighted by molar-refractivity contribution is 0.0526. The molecule has 0 aliphatic rings. The van der Waals surface area contributed by atoms with E-state index in [4.69, 9.17) is 4.74 Å². The number of carbonyl (C=O) groups excluding carboxylic acids is 1. The highest BCUT2D eigenvalue weighted by molar-refractivity contribution is 5.91. The van der Waals surface area contributed by atoms with E-state index in [2.05, 4.69) is 27.7 Å². The van der Waals surface area contributed by atoms with Crippen molar-refractivity contribution in [2.24, 2.45) is 0 Å². The molecule has 0 aliphatic heterocycles. The third-order valence-corrected chi connectivity index (χ3v) is 3.32. The Balaban J connectivity index is 0.00000172. The summed E-state index contributed by atoms with van der Waals surface area (Å²) in [7, 11) is 0. The molecule has 0 saturated carbocycles. The summed E-state index contributed by atoms with van der Waals surface area (Å²) >= 11 is 0. The Morgan fingerprint density at radius 1 is 1.15 bits per heavy atom. The van der Waals surface area contributed by atoms with Crippen LogP contribution >= 0.6 is 0 Å². The van der Waals surface area contributed by atoms with E-state index in [1.807, 2.05) is 39.0 Å². The van der Waals surface area contributed by atoms with Gasteiger partial charge in [-0.1, -0.05) is 32.4 Å². The van der Waals surface area contributed by atoms with Crippen LogP contribution in [0.4, 0.5) is 0 Å². The van der Waals surface area contributed by atoms with Crippen LogP contribution in [0.15, 0.2) is 23.8 Å². The summed E-state index contributed by atoms with van der Waals surface area (Å²) in [6.45, 7) is 14.7. The van der Waals surface area contributed by atoms with Crippen molar-refractivity contribution in [3.63, 3.8) is 0 Å². The zero-order valence-electron chi connectivity index (χ0n) is 14.0. The molecule has 112 valence electrons. The van der Waals surface area contributed by atoms with Gasteiger partial charge in [0.1, 0.15) is 0 Å². The average Bonchev–Trinajstić information content (AvgIpc) is 2.48. The summed E-state index contributed by atoms with van der Waals surface area (Å²) in [6.07, 6.45) is 1.02. The van der Waals surface area contributed by atoms with Gasteiger partial charge in [0, 0.05) is 0 Å². The van der Waals surface area contributed by atoms with E-state index in [1.165, 1.54) is 16.7 Å². The molecule has 0 unspecified atom stereocenters. The van der Waals surface area contributed by atoms with Gasteiger partial charge in [0.05, 0.1) is 12.2 Å². The highest BCUT2D eigenvalue weighted by Gasteiger charge is 2.10. The number of ether oxygens (including phenoxy) is 1. The third-order valence-electron chi connectivity index (χ3n) is 3.32. The number of aryl methyl sites for hydroxylation is 1. The lowest BCUT2D eigenvalue weighted by Crippen LogP contribution is -2.05. The fourth-order valence-corrected chi connectivity index (χ4v) is 1.86. The zero-order chi connectivity index (χ0) is 15.7. The SMILES string of the molecule is CC.CCOC(=O)c1ccc(C)c(/C(C)=C(/C)CC)c1. The average molecular weight is 276 g/mol. The van der Waals surface area contributed by atoms with Gasteiger partial charge in [0.25, 0.3) is 0 Å². The highest BCUT2D eigenvalue weighted by Crippen LogP contribution is 2.24. The van der Waals surface area contributed by atoms with E-state index in [-0.39, 0.29) is 5.97 Å². The predicted octanol–water partition coefficient (Wildman–Crippen LogP) is 5.40. The van der Waals surface area contributed by atoms with Crippen LogP contribution in [0.2, 0.25) is 0 Å². The minimum Gasteiger partial charge on any atom is -0.462 e. The summed E-state index contributed by atoms with van der Waals surface area (Å²) in [5, 5.41) is 0. The molecule has 0 aromatic heterocycles. The number of carbonyl (C=O) groups is 1. The summed E-state index contributed by atoms with van der Waals surface area (Å²) in [5.74, 6) is -0.249. The number of rotatable bonds is 4. The molecule has 0 aliphatic carbocycles. The number of hydrogen-bond acceptors (Lipinski definition) is 2. The Bertz CT molecular complexity index is 470. The second-order valence-corrected chi connectivity index (χ2v) is 4.51. The summed E-state index contributed by atoms with van der Waals surface area (Å²) in [4.78, 5) is 11.7. The highest BCUT2D eigenvalue weighted by atomic mass is 16.5. The topological polar surface area (TPSA) is 26.3 Å². The lowest BCUT2D eigenvalue weighted by Gasteiger charge is -2.11. The van der Waals surface area contributed by atoms with Crippen LogP contribution < -0.4 is 0 Å². The van der Waals surface area contributed by atoms with Crippen LogP contribution in [0.25, 0.3) is 5.57 Å². The Hall–Kier alpha value is -1.57. The maximum atomic E-state index is 11.7. The van der Waals surface area contributed by atoms with Crippen molar-refractivity contribution in [1.29, 1.82) is 0 Å². The van der Waals surface area contributed by atoms with Gasteiger partial charge in [-0.05, 0) is 62.9 Å². The quantitative estimate of drug-likeness (QED) is 0.688. The Morgan fingerprint density at radius 2 is 1.75 bits per heavy atom. The van der Waals surface area contributed by atoms with Crippen LogP contribution in [-0.4, -0.2) is 12.6 Å². The maximum absolute atomic E-state index is 11.7. The number of esters is 1. The van der Waals surface area contributed by atoms with Gasteiger partial charge >= 0.3 is 5.97 Å². The molecule has 0 atom stereocenters. The van der Waals surface area contributed by atoms with E-state index in [9.17, 15) is 4.79 Å². The van der Waals surface area contributed by atoms with Crippen LogP contribution in [-0.2, 0) is 4.74 Å². The van der Waals surface area contributed by atoms with Crippen molar-refractivity contribution in [3.05, 3.63) is 40.5 Å². The van der Waals surface area contributed by atoms with E-state index >= 15 is 0 Å². The number of hydrogen-bond donors (Lipinski definition) is 0. The standard InChI is InChI=1S/C16H22O2.C2H6/c1-6-11(3)13(5)15-10-14(9-8-12(15)4)16(17)18-7-2;1-2/h8-10H,6-7H2,1-5H3;1-2H3/b13-11-;. The number of benzene rings is 1. The molecule has 2 nitrogen and oxygen atoms in total. The zero-order valence-corrected chi connectivity index (χ0v) is 14.0. The Kier molecular flexibility index (Phi) is 8.62. The van der Waals surface area contributed by atoms with Crippen LogP contribution in [0.3, 0.4) is 0 Å². The van der Waals surface area contributed by atoms with E-state index in [0.717, 1.165) is 12.0 Å². The monoisotopic (exact) mass is 276 g/mol. The molecule has 1 aromatic carbocycles. The second-order valence-electron chi connectivity index (χ2n) is 4.51. The van der Waals surface area contributed by atoms with Gasteiger partial charge in [0.2, 0.25) is 0 Å². The maximum Gasteiger partial charge on any atom is 0.338 e. The first kappa shape index (κ1) is 18.4. The predicted molar refractivity (Wildman–Crippen MR) is 87.0 cm³/mol. The van der Waals surface area contributed by atoms with Gasteiger partial charge < -0.3 is 4.74 Å². The molecule has 0 amide bonds. The first-order valence-corrected chi connectivity index (χ1v) is 7.45. The van der Waals surface area contributed by atoms with Crippen molar-refractivity contribution in [2.45, 2.75) is 54.9 Å².